The van der Waals surface area contributed by atoms with Crippen molar-refractivity contribution in [2.75, 3.05) is 7.11 Å². The molecule has 0 radical (unpaired) electrons. The van der Waals surface area contributed by atoms with Crippen LogP contribution in [0.4, 0.5) is 10.1 Å². The summed E-state index contributed by atoms with van der Waals surface area (Å²) in [6.45, 7) is 0. The van der Waals surface area contributed by atoms with E-state index in [1.165, 1.54) is 7.11 Å². The molecule has 1 aromatic heterocycles. The molecule has 0 fully saturated rings. The minimum atomic E-state index is -1.56. The zero-order valence-electron chi connectivity index (χ0n) is 10.5. The molecular formula is C11H8FN3O6. The van der Waals surface area contributed by atoms with Gasteiger partial charge in [0.05, 0.1) is 23.8 Å². The predicted molar refractivity (Wildman–Crippen MR) is 67.5 cm³/mol. The number of H-pyrrole nitrogens is 1. The molecule has 2 aromatic rings. The quantitative estimate of drug-likeness (QED) is 0.619. The Balaban J connectivity index is 2.79. The van der Waals surface area contributed by atoms with Gasteiger partial charge in [-0.1, -0.05) is 0 Å². The first-order valence-electron chi connectivity index (χ1n) is 5.43. The lowest BCUT2D eigenvalue weighted by molar-refractivity contribution is -0.384. The Morgan fingerprint density at radius 3 is 2.67 bits per heavy atom. The molecule has 0 bridgehead atoms. The Morgan fingerprint density at radius 1 is 1.43 bits per heavy atom. The van der Waals surface area contributed by atoms with Crippen molar-refractivity contribution in [2.45, 2.75) is 0 Å². The van der Waals surface area contributed by atoms with E-state index < -0.39 is 27.9 Å². The Labute approximate surface area is 115 Å². The summed E-state index contributed by atoms with van der Waals surface area (Å²) in [5.74, 6) is -2.95. The van der Waals surface area contributed by atoms with Crippen LogP contribution >= 0.6 is 0 Å². The largest absolute Gasteiger partial charge is 0.494 e. The average molecular weight is 297 g/mol. The van der Waals surface area contributed by atoms with E-state index in [2.05, 4.69) is 0 Å². The molecule has 2 rings (SSSR count). The molecule has 0 spiro atoms. The van der Waals surface area contributed by atoms with Crippen LogP contribution in [0, 0.1) is 15.9 Å². The van der Waals surface area contributed by atoms with Crippen LogP contribution in [-0.2, 0) is 0 Å². The molecule has 0 saturated carbocycles. The fourth-order valence-electron chi connectivity index (χ4n) is 1.69. The summed E-state index contributed by atoms with van der Waals surface area (Å²) in [5, 5.41) is 20.3. The maximum absolute atomic E-state index is 13.4. The molecule has 0 amide bonds. The lowest BCUT2D eigenvalue weighted by atomic mass is 10.2. The number of ether oxygens (including phenoxy) is 1. The fraction of sp³-hybridized carbons (Fsp3) is 0.0909. The Bertz CT molecular complexity index is 841. The number of non-ortho nitro benzene ring substituents is 1. The van der Waals surface area contributed by atoms with E-state index in [1.807, 2.05) is 0 Å². The highest BCUT2D eigenvalue weighted by Gasteiger charge is 2.20. The van der Waals surface area contributed by atoms with E-state index in [4.69, 9.17) is 4.74 Å². The molecule has 10 heteroatoms. The number of aromatic amines is 1. The second-order valence-corrected chi connectivity index (χ2v) is 3.85. The molecule has 0 aliphatic carbocycles. The van der Waals surface area contributed by atoms with Gasteiger partial charge in [0.25, 0.3) is 11.2 Å². The molecule has 0 aliphatic rings. The van der Waals surface area contributed by atoms with E-state index in [1.54, 1.807) is 4.98 Å². The van der Waals surface area contributed by atoms with Crippen LogP contribution in [0.2, 0.25) is 0 Å². The Hall–Kier alpha value is -3.17. The number of benzene rings is 1. The number of hydrogen-bond donors (Lipinski definition) is 2. The van der Waals surface area contributed by atoms with Gasteiger partial charge < -0.3 is 9.84 Å². The Kier molecular flexibility index (Phi) is 3.44. The lowest BCUT2D eigenvalue weighted by Gasteiger charge is -2.11. The molecule has 0 atom stereocenters. The third-order valence-corrected chi connectivity index (χ3v) is 2.65. The average Bonchev–Trinajstić information content (AvgIpc) is 2.45. The number of halogens is 1. The summed E-state index contributed by atoms with van der Waals surface area (Å²) in [5.41, 5.74) is -2.99. The second kappa shape index (κ2) is 5.07. The highest BCUT2D eigenvalue weighted by molar-refractivity contribution is 5.54. The Morgan fingerprint density at radius 2 is 2.10 bits per heavy atom. The van der Waals surface area contributed by atoms with E-state index >= 15 is 0 Å². The second-order valence-electron chi connectivity index (χ2n) is 3.85. The third-order valence-electron chi connectivity index (χ3n) is 2.65. The maximum atomic E-state index is 13.4. The standard InChI is InChI=1S/C11H8FN3O6/c1-21-7-4-5(15(19)20)2-3-6(7)14-10(17)8(12)9(16)13-11(14)18/h2-4,17H,1H3,(H,13,16,18). The van der Waals surface area contributed by atoms with Crippen molar-refractivity contribution in [3.05, 3.63) is 55.0 Å². The van der Waals surface area contributed by atoms with E-state index in [-0.39, 0.29) is 17.1 Å². The van der Waals surface area contributed by atoms with Crippen molar-refractivity contribution < 1.29 is 19.2 Å². The van der Waals surface area contributed by atoms with Crippen molar-refractivity contribution in [1.82, 2.24) is 9.55 Å². The molecule has 0 aliphatic heterocycles. The molecule has 0 saturated heterocycles. The first-order valence-corrected chi connectivity index (χ1v) is 5.43. The van der Waals surface area contributed by atoms with Gasteiger partial charge in [0.2, 0.25) is 11.7 Å². The minimum Gasteiger partial charge on any atom is -0.494 e. The summed E-state index contributed by atoms with van der Waals surface area (Å²) in [6.07, 6.45) is 0. The van der Waals surface area contributed by atoms with Gasteiger partial charge >= 0.3 is 5.69 Å². The van der Waals surface area contributed by atoms with E-state index in [0.717, 1.165) is 18.2 Å². The van der Waals surface area contributed by atoms with Crippen LogP contribution in [-0.4, -0.2) is 26.7 Å². The van der Waals surface area contributed by atoms with Gasteiger partial charge in [-0.05, 0) is 6.07 Å². The van der Waals surface area contributed by atoms with Crippen molar-refractivity contribution in [3.63, 3.8) is 0 Å². The van der Waals surface area contributed by atoms with E-state index in [9.17, 15) is 29.2 Å². The number of nitrogens with one attached hydrogen (secondary N) is 1. The zero-order chi connectivity index (χ0) is 15.7. The van der Waals surface area contributed by atoms with Gasteiger partial charge in [-0.25, -0.2) is 9.36 Å². The highest BCUT2D eigenvalue weighted by Crippen LogP contribution is 2.29. The number of aromatic nitrogens is 2. The van der Waals surface area contributed by atoms with Crippen LogP contribution in [0.15, 0.2) is 27.8 Å². The van der Waals surface area contributed by atoms with Gasteiger partial charge in [0.1, 0.15) is 5.75 Å². The fourth-order valence-corrected chi connectivity index (χ4v) is 1.69. The number of nitro benzene ring substituents is 1. The summed E-state index contributed by atoms with van der Waals surface area (Å²) in [6, 6.07) is 3.10. The number of nitrogens with zero attached hydrogens (tertiary/aromatic N) is 2. The van der Waals surface area contributed by atoms with Crippen LogP contribution < -0.4 is 16.0 Å². The zero-order valence-corrected chi connectivity index (χ0v) is 10.5. The smallest absolute Gasteiger partial charge is 0.336 e. The summed E-state index contributed by atoms with van der Waals surface area (Å²) in [4.78, 5) is 34.4. The van der Waals surface area contributed by atoms with Crippen molar-refractivity contribution in [3.8, 4) is 17.3 Å². The normalized spacial score (nSPS) is 10.4. The lowest BCUT2D eigenvalue weighted by Crippen LogP contribution is -2.31. The van der Waals surface area contributed by atoms with Gasteiger partial charge in [0.15, 0.2) is 0 Å². The number of methoxy groups -OCH3 is 1. The van der Waals surface area contributed by atoms with Crippen molar-refractivity contribution in [2.24, 2.45) is 0 Å². The molecule has 1 heterocycles. The molecule has 110 valence electrons. The molecule has 0 unspecified atom stereocenters. The van der Waals surface area contributed by atoms with E-state index in [0.29, 0.717) is 4.57 Å². The monoisotopic (exact) mass is 297 g/mol. The molecule has 1 aromatic carbocycles. The van der Waals surface area contributed by atoms with Crippen LogP contribution in [0.5, 0.6) is 11.6 Å². The van der Waals surface area contributed by atoms with Crippen LogP contribution in [0.25, 0.3) is 5.69 Å². The van der Waals surface area contributed by atoms with Crippen LogP contribution in [0.1, 0.15) is 0 Å². The van der Waals surface area contributed by atoms with Crippen molar-refractivity contribution in [1.29, 1.82) is 0 Å². The third kappa shape index (κ3) is 2.33. The maximum Gasteiger partial charge on any atom is 0.336 e. The molecule has 21 heavy (non-hydrogen) atoms. The van der Waals surface area contributed by atoms with Gasteiger partial charge in [0, 0.05) is 6.07 Å². The summed E-state index contributed by atoms with van der Waals surface area (Å²) < 4.78 is 18.7. The van der Waals surface area contributed by atoms with Gasteiger partial charge in [-0.2, -0.15) is 4.39 Å². The minimum absolute atomic E-state index is 0.159. The first kappa shape index (κ1) is 14.2. The predicted octanol–water partition coefficient (Wildman–Crippen LogP) is 0.287. The van der Waals surface area contributed by atoms with Crippen LogP contribution in [0.3, 0.4) is 0 Å². The number of nitro groups is 1. The van der Waals surface area contributed by atoms with Gasteiger partial charge in [-0.3, -0.25) is 19.9 Å². The summed E-state index contributed by atoms with van der Waals surface area (Å²) >= 11 is 0. The summed E-state index contributed by atoms with van der Waals surface area (Å²) in [7, 11) is 1.17. The molecular weight excluding hydrogens is 289 g/mol. The topological polar surface area (TPSA) is 127 Å². The van der Waals surface area contributed by atoms with Crippen molar-refractivity contribution >= 4 is 5.69 Å². The highest BCUT2D eigenvalue weighted by atomic mass is 19.1. The molecule has 9 nitrogen and oxygen atoms in total. The number of rotatable bonds is 3. The first-order chi connectivity index (χ1) is 9.86. The number of hydrogen-bond acceptors (Lipinski definition) is 6. The molecule has 2 N–H and O–H groups in total. The number of aromatic hydroxyl groups is 1. The SMILES string of the molecule is COc1cc([N+](=O)[O-])ccc1-n1c(O)c(F)c(=O)[nH]c1=O. The van der Waals surface area contributed by atoms with Gasteiger partial charge in [-0.15, -0.1) is 0 Å².